The van der Waals surface area contributed by atoms with Gasteiger partial charge in [0, 0.05) is 18.9 Å². The minimum Gasteiger partial charge on any atom is -0.494 e. The summed E-state index contributed by atoms with van der Waals surface area (Å²) >= 11 is 0. The first-order valence-electron chi connectivity index (χ1n) is 4.16. The van der Waals surface area contributed by atoms with Gasteiger partial charge in [0.1, 0.15) is 6.10 Å². The molecule has 62 valence electrons. The van der Waals surface area contributed by atoms with Crippen LogP contribution in [0.4, 0.5) is 0 Å². The van der Waals surface area contributed by atoms with Gasteiger partial charge < -0.3 is 4.74 Å². The smallest absolute Gasteiger partial charge is 0.162 e. The van der Waals surface area contributed by atoms with Gasteiger partial charge >= 0.3 is 0 Å². The molecule has 0 saturated heterocycles. The largest absolute Gasteiger partial charge is 0.494 e. The van der Waals surface area contributed by atoms with E-state index < -0.39 is 0 Å². The molecule has 0 aromatic carbocycles. The van der Waals surface area contributed by atoms with Crippen molar-refractivity contribution in [3.8, 4) is 0 Å². The maximum absolute atomic E-state index is 11.0. The molecule has 1 heterocycles. The molecular formula is C9H14O2. The highest BCUT2D eigenvalue weighted by molar-refractivity contribution is 5.91. The molecule has 1 rings (SSSR count). The molecule has 2 heteroatoms. The van der Waals surface area contributed by atoms with Crippen LogP contribution in [0.15, 0.2) is 11.8 Å². The molecule has 2 nitrogen and oxygen atoms in total. The Morgan fingerprint density at radius 3 is 2.91 bits per heavy atom. The topological polar surface area (TPSA) is 26.3 Å². The molecule has 0 fully saturated rings. The van der Waals surface area contributed by atoms with Crippen molar-refractivity contribution < 1.29 is 9.53 Å². The highest BCUT2D eigenvalue weighted by Crippen LogP contribution is 2.18. The lowest BCUT2D eigenvalue weighted by Crippen LogP contribution is -2.20. The van der Waals surface area contributed by atoms with Crippen LogP contribution in [0, 0.1) is 0 Å². The maximum atomic E-state index is 11.0. The molecular weight excluding hydrogens is 140 g/mol. The maximum Gasteiger partial charge on any atom is 0.162 e. The highest BCUT2D eigenvalue weighted by atomic mass is 16.5. The summed E-state index contributed by atoms with van der Waals surface area (Å²) in [6.45, 7) is 4.04. The Hall–Kier alpha value is -0.790. The number of carbonyl (C=O) groups is 1. The lowest BCUT2D eigenvalue weighted by atomic mass is 10.1. The van der Waals surface area contributed by atoms with Gasteiger partial charge in [0.2, 0.25) is 0 Å². The van der Waals surface area contributed by atoms with Crippen LogP contribution in [-0.4, -0.2) is 11.9 Å². The van der Waals surface area contributed by atoms with Crippen LogP contribution in [0.25, 0.3) is 0 Å². The van der Waals surface area contributed by atoms with E-state index in [1.165, 1.54) is 0 Å². The van der Waals surface area contributed by atoms with E-state index in [0.29, 0.717) is 6.42 Å². The second-order valence-electron chi connectivity index (χ2n) is 2.78. The molecule has 0 saturated carbocycles. The zero-order valence-electron chi connectivity index (χ0n) is 7.09. The van der Waals surface area contributed by atoms with Crippen LogP contribution >= 0.6 is 0 Å². The van der Waals surface area contributed by atoms with Crippen molar-refractivity contribution >= 4 is 5.78 Å². The molecule has 0 aromatic heterocycles. The average Bonchev–Trinajstić information content (AvgIpc) is 2.03. The molecule has 0 N–H and O–H groups in total. The van der Waals surface area contributed by atoms with Crippen molar-refractivity contribution in [2.75, 3.05) is 0 Å². The van der Waals surface area contributed by atoms with E-state index in [4.69, 9.17) is 4.74 Å². The van der Waals surface area contributed by atoms with Crippen LogP contribution in [0.1, 0.15) is 33.1 Å². The molecule has 0 amide bonds. The Labute approximate surface area is 67.2 Å². The fourth-order valence-electron chi connectivity index (χ4n) is 1.17. The second kappa shape index (κ2) is 3.56. The molecule has 0 aromatic rings. The van der Waals surface area contributed by atoms with E-state index in [0.717, 1.165) is 18.6 Å². The summed E-state index contributed by atoms with van der Waals surface area (Å²) in [7, 11) is 0. The second-order valence-corrected chi connectivity index (χ2v) is 2.78. The van der Waals surface area contributed by atoms with Crippen molar-refractivity contribution in [1.82, 2.24) is 0 Å². The van der Waals surface area contributed by atoms with Gasteiger partial charge in [0.25, 0.3) is 0 Å². The van der Waals surface area contributed by atoms with Crippen LogP contribution < -0.4 is 0 Å². The number of ether oxygens (including phenoxy) is 1. The lowest BCUT2D eigenvalue weighted by Gasteiger charge is -2.21. The van der Waals surface area contributed by atoms with E-state index in [-0.39, 0.29) is 11.9 Å². The van der Waals surface area contributed by atoms with E-state index in [9.17, 15) is 4.79 Å². The number of hydrogen-bond donors (Lipinski definition) is 0. The molecule has 0 bridgehead atoms. The zero-order valence-corrected chi connectivity index (χ0v) is 7.09. The van der Waals surface area contributed by atoms with Crippen LogP contribution in [-0.2, 0) is 9.53 Å². The Bertz CT molecular complexity index is 182. The number of ketones is 1. The van der Waals surface area contributed by atoms with Gasteiger partial charge in [-0.2, -0.15) is 0 Å². The SMILES string of the molecule is CCC1=CC(=O)C[C@H](CC)O1. The average molecular weight is 154 g/mol. The Kier molecular flexibility index (Phi) is 2.69. The Balaban J connectivity index is 2.61. The highest BCUT2D eigenvalue weighted by Gasteiger charge is 2.18. The summed E-state index contributed by atoms with van der Waals surface area (Å²) in [5.41, 5.74) is 0. The quantitative estimate of drug-likeness (QED) is 0.608. The molecule has 0 spiro atoms. The molecule has 0 aliphatic carbocycles. The minimum atomic E-state index is 0.127. The fraction of sp³-hybridized carbons (Fsp3) is 0.667. The summed E-state index contributed by atoms with van der Waals surface area (Å²) in [6, 6.07) is 0. The lowest BCUT2D eigenvalue weighted by molar-refractivity contribution is -0.118. The van der Waals surface area contributed by atoms with E-state index in [2.05, 4.69) is 0 Å². The van der Waals surface area contributed by atoms with Gasteiger partial charge in [-0.3, -0.25) is 4.79 Å². The summed E-state index contributed by atoms with van der Waals surface area (Å²) in [5.74, 6) is 1.05. The number of carbonyl (C=O) groups excluding carboxylic acids is 1. The van der Waals surface area contributed by atoms with Gasteiger partial charge in [-0.05, 0) is 6.42 Å². The zero-order chi connectivity index (χ0) is 8.27. The van der Waals surface area contributed by atoms with Crippen molar-refractivity contribution in [2.45, 2.75) is 39.2 Å². The van der Waals surface area contributed by atoms with Gasteiger partial charge in [-0.1, -0.05) is 13.8 Å². The molecule has 11 heavy (non-hydrogen) atoms. The third-order valence-corrected chi connectivity index (χ3v) is 1.87. The molecule has 1 aliphatic heterocycles. The first-order valence-corrected chi connectivity index (χ1v) is 4.16. The van der Waals surface area contributed by atoms with Crippen molar-refractivity contribution in [2.24, 2.45) is 0 Å². The standard InChI is InChI=1S/C9H14O2/c1-3-8-5-7(10)6-9(4-2)11-8/h5,9H,3-4,6H2,1-2H3/t9-/m0/s1. The summed E-state index contributed by atoms with van der Waals surface area (Å²) in [4.78, 5) is 11.0. The summed E-state index contributed by atoms with van der Waals surface area (Å²) < 4.78 is 5.50. The minimum absolute atomic E-state index is 0.127. The van der Waals surface area contributed by atoms with Crippen molar-refractivity contribution in [3.63, 3.8) is 0 Å². The predicted octanol–water partition coefficient (Wildman–Crippen LogP) is 2.05. The molecule has 0 unspecified atom stereocenters. The van der Waals surface area contributed by atoms with Crippen molar-refractivity contribution in [1.29, 1.82) is 0 Å². The molecule has 0 radical (unpaired) electrons. The first-order chi connectivity index (χ1) is 5.26. The predicted molar refractivity (Wildman–Crippen MR) is 43.2 cm³/mol. The molecule has 1 atom stereocenters. The van der Waals surface area contributed by atoms with Crippen molar-refractivity contribution in [3.05, 3.63) is 11.8 Å². The summed E-state index contributed by atoms with van der Waals surface area (Å²) in [6.07, 6.45) is 4.04. The first kappa shape index (κ1) is 8.31. The molecule has 1 aliphatic rings. The Morgan fingerprint density at radius 1 is 1.64 bits per heavy atom. The van der Waals surface area contributed by atoms with Crippen LogP contribution in [0.5, 0.6) is 0 Å². The Morgan fingerprint density at radius 2 is 2.36 bits per heavy atom. The van der Waals surface area contributed by atoms with E-state index in [1.807, 2.05) is 13.8 Å². The van der Waals surface area contributed by atoms with Crippen LogP contribution in [0.3, 0.4) is 0 Å². The third kappa shape index (κ3) is 2.07. The van der Waals surface area contributed by atoms with Gasteiger partial charge in [0.05, 0.1) is 5.76 Å². The monoisotopic (exact) mass is 154 g/mol. The summed E-state index contributed by atoms with van der Waals surface area (Å²) in [5, 5.41) is 0. The van der Waals surface area contributed by atoms with E-state index in [1.54, 1.807) is 6.08 Å². The number of rotatable bonds is 2. The van der Waals surface area contributed by atoms with E-state index >= 15 is 0 Å². The number of allylic oxidation sites excluding steroid dienone is 2. The third-order valence-electron chi connectivity index (χ3n) is 1.87. The van der Waals surface area contributed by atoms with Gasteiger partial charge in [-0.15, -0.1) is 0 Å². The number of hydrogen-bond acceptors (Lipinski definition) is 2. The van der Waals surface area contributed by atoms with Gasteiger partial charge in [-0.25, -0.2) is 0 Å². The van der Waals surface area contributed by atoms with Gasteiger partial charge in [0.15, 0.2) is 5.78 Å². The fourth-order valence-corrected chi connectivity index (χ4v) is 1.17. The normalized spacial score (nSPS) is 24.4. The van der Waals surface area contributed by atoms with Crippen LogP contribution in [0.2, 0.25) is 0 Å².